The van der Waals surface area contributed by atoms with Crippen LogP contribution in [0, 0.1) is 88.8 Å². The Balaban J connectivity index is 0. The van der Waals surface area contributed by atoms with Crippen molar-refractivity contribution >= 4 is 111 Å². The third-order valence-electron chi connectivity index (χ3n) is 10.9. The number of halogens is 1. The summed E-state index contributed by atoms with van der Waals surface area (Å²) in [6.45, 7) is 15.1. The Labute approximate surface area is 624 Å². The van der Waals surface area contributed by atoms with E-state index in [1.807, 2.05) is 30.3 Å². The first-order chi connectivity index (χ1) is 48.8. The molecule has 0 amide bonds. The summed E-state index contributed by atoms with van der Waals surface area (Å²) in [6, 6.07) is 37.7. The Hall–Kier alpha value is -13.1. The Morgan fingerprint density at radius 3 is 1.34 bits per heavy atom. The van der Waals surface area contributed by atoms with Gasteiger partial charge >= 0.3 is 43.6 Å². The molecule has 0 bridgehead atoms. The molecule has 1 atom stereocenters. The summed E-state index contributed by atoms with van der Waals surface area (Å²) < 4.78 is 90.0. The zero-order chi connectivity index (χ0) is 79.1. The van der Waals surface area contributed by atoms with Gasteiger partial charge in [-0.25, -0.2) is 49.2 Å². The number of aromatic nitrogens is 8. The normalized spacial score (nSPS) is 9.79. The fourth-order valence-electron chi connectivity index (χ4n) is 6.84. The molecule has 0 fully saturated rings. The maximum absolute atomic E-state index is 11.2. The molecule has 0 aliphatic rings. The standard InChI is InChI=1S/C11H12N6O2S.C11H11N5O2S.C10H7N5O2.C10H9N5.C6H7N3O2.C6H6N2O.CH3ClO2S.HNO2.Na.HO4P.H2/c1-20(18,19)16-8-2-3-9(13)10(4-8)17-11(14)7(5-12)6-15-17;1-19(17,18)15-9-3-2-4-10(5-9)16-11(13)8(6-12)7-14-16;11-5-7-6-13-14(10(7)12)8-2-1-3-9(4-8)15(16)17;11-5-7-6-14-15(10(7)13)9-3-1-2-8(12)4-9;7-8-5-2-1-3-6(4-5)9(10)11;1-4-9-5-6(7-2)8-3;1-5(2,3)4;2-1-3;;1-4-5(2)3;/h2-4,6,16H,13-14H2,1H3;2-5,7,15H,13H2,1H3;1-4,6H,12H2;1-4,6H,12-13H2;1-4,8H,7H2;5H,4H2,1H3;1H3;(H,2,3);;1H;1H/q;;;;;;;;+1;;/p-1. The van der Waals surface area contributed by atoms with Gasteiger partial charge in [0.2, 0.25) is 29.1 Å². The molecule has 9 rings (SSSR count). The number of hydrogen-bond acceptors (Lipinski definition) is 34. The van der Waals surface area contributed by atoms with E-state index in [4.69, 9.17) is 99.3 Å². The molecule has 44 nitrogen and oxygen atoms in total. The number of nitriles is 4. The summed E-state index contributed by atoms with van der Waals surface area (Å²) in [5.74, 6) is 5.84. The monoisotopic (exact) mass is 1550 g/mol. The number of rotatable bonds is 14. The predicted molar refractivity (Wildman–Crippen MR) is 380 cm³/mol. The smallest absolute Gasteiger partial charge is 0.565 e. The molecule has 0 saturated heterocycles. The number of nitrogens with two attached hydrogens (primary N) is 7. The quantitative estimate of drug-likeness (QED) is 0.00637. The number of anilines is 9. The van der Waals surface area contributed by atoms with E-state index < -0.39 is 47.2 Å². The number of hydrazine groups is 1. The first kappa shape index (κ1) is 91.9. The molecule has 0 aliphatic heterocycles. The third kappa shape index (κ3) is 33.7. The summed E-state index contributed by atoms with van der Waals surface area (Å²) in [5, 5.41) is 87.9. The fraction of sp³-hybridized carbons (Fsp3) is 0.0909. The molecular weight excluding hydrogens is 1500 g/mol. The molecule has 105 heavy (non-hydrogen) atoms. The van der Waals surface area contributed by atoms with Crippen molar-refractivity contribution in [2.45, 2.75) is 6.92 Å². The second kappa shape index (κ2) is 45.6. The van der Waals surface area contributed by atoms with Crippen LogP contribution in [0.4, 0.5) is 63.1 Å². The van der Waals surface area contributed by atoms with E-state index in [1.165, 1.54) is 98.3 Å². The molecule has 4 heterocycles. The van der Waals surface area contributed by atoms with Crippen LogP contribution in [0.3, 0.4) is 0 Å². The first-order valence-corrected chi connectivity index (χ1v) is 34.5. The summed E-state index contributed by atoms with van der Waals surface area (Å²) in [5.41, 5.74) is 42.1. The molecule has 18 N–H and O–H groups in total. The number of nitro groups is 2. The van der Waals surface area contributed by atoms with Gasteiger partial charge in [0.15, 0.2) is 6.26 Å². The van der Waals surface area contributed by atoms with Crippen molar-refractivity contribution in [2.24, 2.45) is 11.2 Å². The predicted octanol–water partition coefficient (Wildman–Crippen LogP) is 2.84. The second-order valence-electron chi connectivity index (χ2n) is 18.5. The van der Waals surface area contributed by atoms with Gasteiger partial charge in [-0.15, -0.1) is 5.34 Å². The number of nitrogen functional groups attached to an aromatic ring is 7. The van der Waals surface area contributed by atoms with Gasteiger partial charge in [-0.1, -0.05) is 24.3 Å². The molecule has 546 valence electrons. The number of nitrogens with one attached hydrogen (secondary N) is 3. The minimum absolute atomic E-state index is 0. The Kier molecular flexibility index (Phi) is 39.9. The van der Waals surface area contributed by atoms with Gasteiger partial charge in [0.05, 0.1) is 106 Å². The number of benzene rings is 5. The van der Waals surface area contributed by atoms with E-state index in [0.29, 0.717) is 63.5 Å². The topological polar surface area (TPSA) is 713 Å². The Morgan fingerprint density at radius 1 is 0.648 bits per heavy atom. The molecule has 50 heteroatoms. The average Bonchev–Trinajstić information content (AvgIpc) is 1.64. The average molecular weight is 1550 g/mol. The van der Waals surface area contributed by atoms with E-state index in [-0.39, 0.29) is 82.3 Å². The number of ether oxygens (including phenoxy) is 1. The van der Waals surface area contributed by atoms with Crippen molar-refractivity contribution < 1.29 is 90.2 Å². The van der Waals surface area contributed by atoms with Crippen LogP contribution in [-0.2, 0) is 43.1 Å². The first-order valence-electron chi connectivity index (χ1n) is 26.9. The third-order valence-corrected chi connectivity index (χ3v) is 12.3. The zero-order valence-electron chi connectivity index (χ0n) is 54.7. The van der Waals surface area contributed by atoms with Crippen LogP contribution in [-0.4, -0.2) is 105 Å². The van der Waals surface area contributed by atoms with E-state index in [1.54, 1.807) is 67.6 Å². The van der Waals surface area contributed by atoms with Crippen LogP contribution in [0.2, 0.25) is 0 Å². The van der Waals surface area contributed by atoms with E-state index in [9.17, 15) is 45.5 Å². The zero-order valence-corrected chi connectivity index (χ0v) is 60.8. The summed E-state index contributed by atoms with van der Waals surface area (Å²) >= 11 is 0. The molecule has 0 radical (unpaired) electrons. The van der Waals surface area contributed by atoms with Crippen LogP contribution in [0.15, 0.2) is 157 Å². The number of nitrogens with zero attached hydrogens (tertiary/aromatic N) is 17. The SMILES string of the molecule is CS(=O)(=O)Cl.CS(=O)(=O)Nc1ccc(N)c(-n2ncc(C#N)c2N)c1.CS(=O)(=O)Nc1cccc(-n2ncc(C#N)c2N)c1.N#Cc1cnn(-c2cccc(N)c2)c1N.N#Cc1cnn(-c2cccc([N+](=O)[O-])c2)c1N.NNc1cccc([N+](=O)[O-])c1.O=N[O-].O=[P+]([O-])OO.[C-]#[N+]C(=COCC)[N+]#[C-].[HH].[Na+]. The van der Waals surface area contributed by atoms with Crippen LogP contribution in [0.5, 0.6) is 0 Å². The van der Waals surface area contributed by atoms with Gasteiger partial charge in [-0.3, -0.25) is 35.5 Å². The van der Waals surface area contributed by atoms with E-state index >= 15 is 0 Å². The number of hydrogen-bond donors (Lipinski definition) is 11. The largest absolute Gasteiger partial charge is 1.00 e. The molecule has 4 aromatic heterocycles. The molecule has 1 unspecified atom stereocenters. The van der Waals surface area contributed by atoms with Crippen molar-refractivity contribution in [1.82, 2.24) is 39.1 Å². The molecular formula is C55H58ClN27NaO17PS3. The van der Waals surface area contributed by atoms with Gasteiger partial charge in [0, 0.05) is 46.7 Å². The number of nitro benzene ring substituents is 2. The van der Waals surface area contributed by atoms with Crippen molar-refractivity contribution in [2.75, 3.05) is 74.6 Å². The van der Waals surface area contributed by atoms with Crippen LogP contribution >= 0.6 is 18.9 Å². The van der Waals surface area contributed by atoms with Crippen molar-refractivity contribution in [3.63, 3.8) is 0 Å². The number of sulfonamides is 2. The minimum atomic E-state index is -3.40. The molecule has 9 aromatic rings. The number of non-ortho nitro benzene ring substituents is 2. The molecule has 0 spiro atoms. The van der Waals surface area contributed by atoms with Gasteiger partial charge < -0.3 is 59.6 Å². The van der Waals surface area contributed by atoms with Crippen LogP contribution in [0.25, 0.3) is 32.4 Å². The van der Waals surface area contributed by atoms with Gasteiger partial charge in [0.25, 0.3) is 11.4 Å². The van der Waals surface area contributed by atoms with Crippen molar-refractivity contribution in [3.05, 3.63) is 228 Å². The van der Waals surface area contributed by atoms with Gasteiger partial charge in [-0.2, -0.15) is 51.1 Å². The summed E-state index contributed by atoms with van der Waals surface area (Å²) in [4.78, 5) is 42.5. The fourth-order valence-corrected chi connectivity index (χ4v) is 7.96. The maximum Gasteiger partial charge on any atom is 1.00 e. The maximum atomic E-state index is 11.2. The van der Waals surface area contributed by atoms with Crippen LogP contribution < -0.4 is 89.6 Å². The Morgan fingerprint density at radius 2 is 0.990 bits per heavy atom. The van der Waals surface area contributed by atoms with E-state index in [0.717, 1.165) is 29.8 Å². The van der Waals surface area contributed by atoms with Crippen molar-refractivity contribution in [3.8, 4) is 47.0 Å². The molecule has 0 aliphatic carbocycles. The van der Waals surface area contributed by atoms with Crippen molar-refractivity contribution in [1.29, 1.82) is 21.0 Å². The Bertz CT molecular complexity index is 5120. The second-order valence-corrected chi connectivity index (χ2v) is 25.6. The molecule has 5 aromatic carbocycles. The summed E-state index contributed by atoms with van der Waals surface area (Å²) in [6.07, 6.45) is 9.60. The summed E-state index contributed by atoms with van der Waals surface area (Å²) in [7, 11) is -8.49. The van der Waals surface area contributed by atoms with E-state index in [2.05, 4.69) is 65.0 Å². The molecule has 0 saturated carbocycles. The van der Waals surface area contributed by atoms with Gasteiger partial charge in [-0.05, 0) is 78.2 Å². The van der Waals surface area contributed by atoms with Gasteiger partial charge in [0.1, 0.15) is 82.9 Å². The minimum Gasteiger partial charge on any atom is -0.565 e. The van der Waals surface area contributed by atoms with Crippen LogP contribution in [0.1, 0.15) is 30.6 Å².